The Kier molecular flexibility index (Phi) is 10.3. The van der Waals surface area contributed by atoms with Gasteiger partial charge in [-0.15, -0.1) is 16.4 Å². The molecule has 300 valence electrons. The number of piperazine rings is 1. The van der Waals surface area contributed by atoms with Crippen molar-refractivity contribution >= 4 is 45.8 Å². The van der Waals surface area contributed by atoms with E-state index in [-0.39, 0.29) is 36.7 Å². The molecule has 4 aliphatic rings. The van der Waals surface area contributed by atoms with Crippen LogP contribution >= 0.6 is 11.3 Å². The highest BCUT2D eigenvalue weighted by atomic mass is 32.1. The minimum absolute atomic E-state index is 0.108. The molecule has 2 amide bonds. The lowest BCUT2D eigenvalue weighted by molar-refractivity contribution is -0.155. The summed E-state index contributed by atoms with van der Waals surface area (Å²) in [5.41, 5.74) is 6.92. The number of carbonyl (C=O) groups is 3. The summed E-state index contributed by atoms with van der Waals surface area (Å²) in [5, 5.41) is 27.9. The molecule has 3 fully saturated rings. The first-order chi connectivity index (χ1) is 27.2. The summed E-state index contributed by atoms with van der Waals surface area (Å²) in [5.74, 6) is 0.109. The number of esters is 1. The van der Waals surface area contributed by atoms with Gasteiger partial charge in [-0.3, -0.25) is 19.4 Å². The van der Waals surface area contributed by atoms with Crippen molar-refractivity contribution in [2.75, 3.05) is 51.3 Å². The van der Waals surface area contributed by atoms with Crippen molar-refractivity contribution in [1.29, 1.82) is 5.26 Å². The van der Waals surface area contributed by atoms with Crippen LogP contribution in [0.3, 0.4) is 0 Å². The van der Waals surface area contributed by atoms with Gasteiger partial charge in [0.1, 0.15) is 17.6 Å². The SMILES string of the molecule is C[C@H]1C[C@@H]1C(=O)N[C@H]1Cc2nc(cs2)-c2ccc3c(c2)c(c(-c2cnnc(N4CCN(C)CC4)c2)n3C(C)(C)C#N)CC(C)(C)COC(=O)[C@@H]2CCCN(N2)C1=O. The van der Waals surface area contributed by atoms with Crippen LogP contribution in [0.1, 0.15) is 64.5 Å². The molecule has 2 N–H and O–H groups in total. The summed E-state index contributed by atoms with van der Waals surface area (Å²) >= 11 is 1.45. The minimum atomic E-state index is -0.951. The quantitative estimate of drug-likeness (QED) is 0.273. The molecule has 15 heteroatoms. The number of amides is 2. The van der Waals surface area contributed by atoms with Gasteiger partial charge in [0.25, 0.3) is 5.91 Å². The molecule has 1 aromatic carbocycles. The van der Waals surface area contributed by atoms with E-state index in [4.69, 9.17) is 9.72 Å². The molecule has 6 bridgehead atoms. The van der Waals surface area contributed by atoms with Crippen LogP contribution in [0.4, 0.5) is 5.82 Å². The first-order valence-corrected chi connectivity index (χ1v) is 20.9. The number of thiazole rings is 1. The van der Waals surface area contributed by atoms with Gasteiger partial charge in [-0.25, -0.2) is 10.4 Å². The molecule has 4 aromatic rings. The van der Waals surface area contributed by atoms with Crippen LogP contribution in [-0.2, 0) is 37.5 Å². The van der Waals surface area contributed by atoms with Crippen molar-refractivity contribution in [2.45, 2.75) is 84.3 Å². The van der Waals surface area contributed by atoms with Gasteiger partial charge in [-0.1, -0.05) is 26.8 Å². The third kappa shape index (κ3) is 7.87. The van der Waals surface area contributed by atoms with E-state index in [0.717, 1.165) is 77.4 Å². The average Bonchev–Trinajstić information content (AvgIpc) is 3.61. The molecular weight excluding hydrogens is 741 g/mol. The molecule has 14 nitrogen and oxygen atoms in total. The van der Waals surface area contributed by atoms with E-state index in [9.17, 15) is 19.6 Å². The average molecular weight is 793 g/mol. The lowest BCUT2D eigenvalue weighted by Crippen LogP contribution is -2.60. The number of carbonyl (C=O) groups excluding carboxylic acids is 3. The highest BCUT2D eigenvalue weighted by molar-refractivity contribution is 7.10. The number of nitriles is 1. The molecule has 3 aliphatic heterocycles. The minimum Gasteiger partial charge on any atom is -0.464 e. The number of hydrazine groups is 1. The van der Waals surface area contributed by atoms with E-state index < -0.39 is 29.0 Å². The molecule has 2 saturated heterocycles. The molecule has 6 heterocycles. The lowest BCUT2D eigenvalue weighted by atomic mass is 9.84. The molecule has 1 saturated carbocycles. The van der Waals surface area contributed by atoms with E-state index >= 15 is 0 Å². The van der Waals surface area contributed by atoms with Gasteiger partial charge >= 0.3 is 5.97 Å². The monoisotopic (exact) mass is 792 g/mol. The van der Waals surface area contributed by atoms with E-state index in [1.165, 1.54) is 16.3 Å². The fourth-order valence-corrected chi connectivity index (χ4v) is 9.23. The van der Waals surface area contributed by atoms with Gasteiger partial charge in [0.2, 0.25) is 5.91 Å². The van der Waals surface area contributed by atoms with Crippen molar-refractivity contribution in [3.63, 3.8) is 0 Å². The van der Waals surface area contributed by atoms with E-state index in [1.54, 1.807) is 6.20 Å². The Bertz CT molecular complexity index is 2250. The summed E-state index contributed by atoms with van der Waals surface area (Å²) in [6, 6.07) is 9.30. The Balaban J connectivity index is 1.26. The van der Waals surface area contributed by atoms with Crippen molar-refractivity contribution in [1.82, 2.24) is 40.4 Å². The van der Waals surface area contributed by atoms with Gasteiger partial charge in [0, 0.05) is 72.4 Å². The number of rotatable bonds is 5. The standard InChI is InChI=1S/C42H52N10O4S/c1-25-16-28(25)38(53)46-32-19-36-45-33(22-57-36)26-9-10-34-29(17-26)30(20-41(2,3)24-56-40(55)31-8-7-11-51(48-31)39(32)54)37(52(34)42(4,5)23-43)27-18-35(47-44-21-27)50-14-12-49(6)13-15-50/h9-10,17-18,21-22,25,28,31-32,48H,7-8,11-16,19-20,24H2,1-6H3,(H,46,53)/t25-,28-,31-,32-/m0/s1. The molecule has 8 rings (SSSR count). The maximum atomic E-state index is 14.1. The first kappa shape index (κ1) is 38.9. The third-order valence-electron chi connectivity index (χ3n) is 11.9. The second-order valence-electron chi connectivity index (χ2n) is 17.6. The van der Waals surface area contributed by atoms with Crippen LogP contribution in [0.25, 0.3) is 33.4 Å². The van der Waals surface area contributed by atoms with Gasteiger partial charge in [0.15, 0.2) is 5.82 Å². The zero-order valence-electron chi connectivity index (χ0n) is 33.7. The number of anilines is 1. The fourth-order valence-electron chi connectivity index (χ4n) is 8.38. The number of nitrogens with one attached hydrogen (secondary N) is 2. The number of fused-ring (bicyclic) bond motifs is 6. The Morgan fingerprint density at radius 2 is 1.89 bits per heavy atom. The van der Waals surface area contributed by atoms with Crippen LogP contribution in [0.15, 0.2) is 35.8 Å². The summed E-state index contributed by atoms with van der Waals surface area (Å²) < 4.78 is 8.19. The first-order valence-electron chi connectivity index (χ1n) is 20.1. The Morgan fingerprint density at radius 3 is 2.63 bits per heavy atom. The number of likely N-dealkylation sites (N-methyl/N-ethyl adjacent to an activating group) is 1. The van der Waals surface area contributed by atoms with Crippen molar-refractivity contribution in [3.8, 4) is 28.6 Å². The number of ether oxygens (including phenoxy) is 1. The number of cyclic esters (lactones) is 1. The Labute approximate surface area is 337 Å². The molecule has 3 aromatic heterocycles. The second-order valence-corrected chi connectivity index (χ2v) is 18.6. The van der Waals surface area contributed by atoms with Crippen LogP contribution in [0.5, 0.6) is 0 Å². The van der Waals surface area contributed by atoms with E-state index in [0.29, 0.717) is 30.8 Å². The number of hydrogen-bond acceptors (Lipinski definition) is 12. The molecule has 1 aliphatic carbocycles. The van der Waals surface area contributed by atoms with Crippen LogP contribution in [-0.4, -0.2) is 106 Å². The third-order valence-corrected chi connectivity index (χ3v) is 12.8. The smallest absolute Gasteiger partial charge is 0.324 e. The number of hydrogen-bond donors (Lipinski definition) is 2. The summed E-state index contributed by atoms with van der Waals surface area (Å²) in [6.45, 7) is 14.1. The van der Waals surface area contributed by atoms with Crippen molar-refractivity contribution in [3.05, 3.63) is 46.4 Å². The molecule has 0 radical (unpaired) electrons. The Hall–Kier alpha value is -4.91. The maximum absolute atomic E-state index is 14.1. The van der Waals surface area contributed by atoms with E-state index in [2.05, 4.69) is 80.5 Å². The van der Waals surface area contributed by atoms with Crippen LogP contribution in [0.2, 0.25) is 0 Å². The van der Waals surface area contributed by atoms with Gasteiger partial charge in [-0.2, -0.15) is 10.4 Å². The fraction of sp³-hybridized carbons (Fsp3) is 0.548. The largest absolute Gasteiger partial charge is 0.464 e. The summed E-state index contributed by atoms with van der Waals surface area (Å²) in [6.07, 6.45) is 4.44. The van der Waals surface area contributed by atoms with Crippen molar-refractivity contribution < 1.29 is 19.1 Å². The van der Waals surface area contributed by atoms with Crippen LogP contribution in [0, 0.1) is 28.6 Å². The molecule has 0 unspecified atom stereocenters. The predicted molar refractivity (Wildman–Crippen MR) is 218 cm³/mol. The molecule has 4 atom stereocenters. The Morgan fingerprint density at radius 1 is 1.12 bits per heavy atom. The van der Waals surface area contributed by atoms with Crippen LogP contribution < -0.4 is 15.6 Å². The van der Waals surface area contributed by atoms with Gasteiger partial charge in [0.05, 0.1) is 40.8 Å². The highest BCUT2D eigenvalue weighted by Crippen LogP contribution is 2.43. The molecule has 57 heavy (non-hydrogen) atoms. The van der Waals surface area contributed by atoms with E-state index in [1.807, 2.05) is 32.2 Å². The number of benzene rings is 1. The molecular formula is C42H52N10O4S. The highest BCUT2D eigenvalue weighted by Gasteiger charge is 2.42. The zero-order chi connectivity index (χ0) is 40.2. The zero-order valence-corrected chi connectivity index (χ0v) is 34.5. The number of aromatic nitrogens is 4. The topological polar surface area (TPSA) is 162 Å². The normalized spacial score (nSPS) is 24.4. The summed E-state index contributed by atoms with van der Waals surface area (Å²) in [7, 11) is 2.12. The number of nitrogens with zero attached hydrogens (tertiary/aromatic N) is 8. The second kappa shape index (κ2) is 15.1. The van der Waals surface area contributed by atoms with Crippen molar-refractivity contribution in [2.24, 2.45) is 17.3 Å². The molecule has 0 spiro atoms. The predicted octanol–water partition coefficient (Wildman–Crippen LogP) is 4.54. The lowest BCUT2D eigenvalue weighted by Gasteiger charge is -2.35. The maximum Gasteiger partial charge on any atom is 0.324 e. The van der Waals surface area contributed by atoms with Gasteiger partial charge < -0.3 is 24.4 Å². The van der Waals surface area contributed by atoms with Gasteiger partial charge in [-0.05, 0) is 76.3 Å². The summed E-state index contributed by atoms with van der Waals surface area (Å²) in [4.78, 5) is 50.6.